The zero-order valence-electron chi connectivity index (χ0n) is 16.9. The van der Waals surface area contributed by atoms with Crippen molar-refractivity contribution in [2.45, 2.75) is 40.0 Å². The number of hydrogen-bond acceptors (Lipinski definition) is 5. The third-order valence-corrected chi connectivity index (χ3v) is 4.79. The van der Waals surface area contributed by atoms with Gasteiger partial charge in [-0.25, -0.2) is 0 Å². The van der Waals surface area contributed by atoms with Gasteiger partial charge in [0.1, 0.15) is 28.7 Å². The monoisotopic (exact) mass is 394 g/mol. The molecule has 152 valence electrons. The second-order valence-corrected chi connectivity index (χ2v) is 6.78. The summed E-state index contributed by atoms with van der Waals surface area (Å²) in [7, 11) is 0. The summed E-state index contributed by atoms with van der Waals surface area (Å²) < 4.78 is 12.0. The second kappa shape index (κ2) is 8.78. The fourth-order valence-corrected chi connectivity index (χ4v) is 3.20. The fourth-order valence-electron chi connectivity index (χ4n) is 3.20. The summed E-state index contributed by atoms with van der Waals surface area (Å²) in [6, 6.07) is 13.2. The molecule has 0 spiro atoms. The van der Waals surface area contributed by atoms with Crippen LogP contribution in [0.3, 0.4) is 0 Å². The lowest BCUT2D eigenvalue weighted by atomic mass is 10.1. The van der Waals surface area contributed by atoms with Crippen molar-refractivity contribution >= 4 is 0 Å². The van der Waals surface area contributed by atoms with E-state index in [9.17, 15) is 15.3 Å². The van der Waals surface area contributed by atoms with Gasteiger partial charge in [-0.05, 0) is 72.9 Å². The lowest BCUT2D eigenvalue weighted by molar-refractivity contribution is 0.397. The molecule has 0 bridgehead atoms. The number of hydrogen-bond donors (Lipinski definition) is 3. The Kier molecular flexibility index (Phi) is 6.17. The Hall–Kier alpha value is -3.34. The largest absolute Gasteiger partial charge is 0.508 e. The molecule has 5 nitrogen and oxygen atoms in total. The van der Waals surface area contributed by atoms with Gasteiger partial charge in [0.05, 0.1) is 0 Å². The average Bonchev–Trinajstić information content (AvgIpc) is 2.71. The number of ether oxygens (including phenoxy) is 2. The van der Waals surface area contributed by atoms with E-state index in [1.807, 2.05) is 26.8 Å². The molecule has 3 aromatic rings. The summed E-state index contributed by atoms with van der Waals surface area (Å²) in [5.74, 6) is 2.44. The predicted octanol–water partition coefficient (Wildman–Crippen LogP) is 6.08. The Morgan fingerprint density at radius 2 is 1.14 bits per heavy atom. The first-order valence-electron chi connectivity index (χ1n) is 9.80. The molecular formula is C24H26O5. The molecule has 0 amide bonds. The Labute approximate surface area is 170 Å². The molecule has 0 radical (unpaired) electrons. The normalized spacial score (nSPS) is 10.7. The van der Waals surface area contributed by atoms with Crippen molar-refractivity contribution in [3.05, 3.63) is 65.2 Å². The van der Waals surface area contributed by atoms with Crippen LogP contribution in [0.4, 0.5) is 0 Å². The van der Waals surface area contributed by atoms with Crippen molar-refractivity contribution in [1.29, 1.82) is 0 Å². The van der Waals surface area contributed by atoms with Crippen molar-refractivity contribution < 1.29 is 24.8 Å². The van der Waals surface area contributed by atoms with Gasteiger partial charge < -0.3 is 24.8 Å². The van der Waals surface area contributed by atoms with Crippen LogP contribution >= 0.6 is 0 Å². The smallest absolute Gasteiger partial charge is 0.172 e. The first-order chi connectivity index (χ1) is 13.9. The highest BCUT2D eigenvalue weighted by atomic mass is 16.5. The van der Waals surface area contributed by atoms with Crippen molar-refractivity contribution in [3.8, 4) is 40.2 Å². The molecule has 0 fully saturated rings. The number of benzene rings is 3. The third kappa shape index (κ3) is 4.57. The summed E-state index contributed by atoms with van der Waals surface area (Å²) in [4.78, 5) is 0. The number of phenols is 3. The SMILES string of the molecule is CCc1cc(O)ccc1Oc1cc(O)c(Oc2ccc(O)cc2CC)c(CC)c1. The summed E-state index contributed by atoms with van der Waals surface area (Å²) in [5.41, 5.74) is 2.52. The van der Waals surface area contributed by atoms with Crippen LogP contribution in [-0.2, 0) is 19.3 Å². The van der Waals surface area contributed by atoms with E-state index in [0.717, 1.165) is 16.7 Å². The minimum atomic E-state index is -0.0219. The van der Waals surface area contributed by atoms with Gasteiger partial charge in [-0.15, -0.1) is 0 Å². The molecule has 3 aromatic carbocycles. The standard InChI is InChI=1S/C24H26O5/c1-4-15-11-18(25)7-9-22(15)28-20-13-17(6-3)24(21(27)14-20)29-23-10-8-19(26)12-16(23)5-2/h7-14,25-27H,4-6H2,1-3H3. The van der Waals surface area contributed by atoms with Crippen LogP contribution in [0.15, 0.2) is 48.5 Å². The van der Waals surface area contributed by atoms with E-state index in [2.05, 4.69) is 0 Å². The molecule has 0 unspecified atom stereocenters. The molecule has 0 aliphatic heterocycles. The number of aryl methyl sites for hydroxylation is 3. The van der Waals surface area contributed by atoms with E-state index in [1.165, 1.54) is 6.07 Å². The van der Waals surface area contributed by atoms with E-state index in [4.69, 9.17) is 9.47 Å². The van der Waals surface area contributed by atoms with Crippen LogP contribution in [-0.4, -0.2) is 15.3 Å². The van der Waals surface area contributed by atoms with Crippen LogP contribution in [0, 0.1) is 0 Å². The quantitative estimate of drug-likeness (QED) is 0.453. The van der Waals surface area contributed by atoms with E-state index >= 15 is 0 Å². The van der Waals surface area contributed by atoms with E-state index in [0.29, 0.717) is 42.3 Å². The van der Waals surface area contributed by atoms with E-state index in [1.54, 1.807) is 36.4 Å². The molecule has 29 heavy (non-hydrogen) atoms. The lowest BCUT2D eigenvalue weighted by Crippen LogP contribution is -1.97. The second-order valence-electron chi connectivity index (χ2n) is 6.78. The molecule has 5 heteroatoms. The zero-order chi connectivity index (χ0) is 21.0. The molecule has 0 atom stereocenters. The minimum absolute atomic E-state index is 0.0219. The van der Waals surface area contributed by atoms with Crippen LogP contribution in [0.2, 0.25) is 0 Å². The fraction of sp³-hybridized carbons (Fsp3) is 0.250. The first-order valence-corrected chi connectivity index (χ1v) is 9.80. The summed E-state index contributed by atoms with van der Waals surface area (Å²) >= 11 is 0. The van der Waals surface area contributed by atoms with Gasteiger partial charge in [-0.2, -0.15) is 0 Å². The Morgan fingerprint density at radius 1 is 0.621 bits per heavy atom. The Bertz CT molecular complexity index is 1010. The molecule has 3 N–H and O–H groups in total. The van der Waals surface area contributed by atoms with Crippen LogP contribution in [0.1, 0.15) is 37.5 Å². The summed E-state index contributed by atoms with van der Waals surface area (Å²) in [6.07, 6.45) is 2.03. The molecule has 0 aliphatic carbocycles. The van der Waals surface area contributed by atoms with Gasteiger partial charge >= 0.3 is 0 Å². The molecule has 0 saturated carbocycles. The molecule has 0 aromatic heterocycles. The average molecular weight is 394 g/mol. The van der Waals surface area contributed by atoms with E-state index in [-0.39, 0.29) is 17.2 Å². The highest BCUT2D eigenvalue weighted by molar-refractivity contribution is 5.55. The highest BCUT2D eigenvalue weighted by Crippen LogP contribution is 2.41. The van der Waals surface area contributed by atoms with Crippen LogP contribution in [0.5, 0.6) is 40.2 Å². The number of phenolic OH excluding ortho intramolecular Hbond substituents is 3. The maximum atomic E-state index is 10.6. The van der Waals surface area contributed by atoms with Crippen molar-refractivity contribution in [2.24, 2.45) is 0 Å². The molecular weight excluding hydrogens is 368 g/mol. The number of aromatic hydroxyl groups is 3. The molecule has 0 heterocycles. The van der Waals surface area contributed by atoms with Gasteiger partial charge in [-0.3, -0.25) is 0 Å². The zero-order valence-corrected chi connectivity index (χ0v) is 16.9. The van der Waals surface area contributed by atoms with Crippen LogP contribution in [0.25, 0.3) is 0 Å². The van der Waals surface area contributed by atoms with Gasteiger partial charge in [0.15, 0.2) is 11.5 Å². The van der Waals surface area contributed by atoms with Gasteiger partial charge in [-0.1, -0.05) is 20.8 Å². The maximum absolute atomic E-state index is 10.6. The molecule has 0 saturated heterocycles. The minimum Gasteiger partial charge on any atom is -0.508 e. The lowest BCUT2D eigenvalue weighted by Gasteiger charge is -2.17. The predicted molar refractivity (Wildman–Crippen MR) is 113 cm³/mol. The van der Waals surface area contributed by atoms with Gasteiger partial charge in [0, 0.05) is 11.6 Å². The summed E-state index contributed by atoms with van der Waals surface area (Å²) in [5, 5.41) is 30.0. The van der Waals surface area contributed by atoms with Crippen molar-refractivity contribution in [1.82, 2.24) is 0 Å². The van der Waals surface area contributed by atoms with Gasteiger partial charge in [0.25, 0.3) is 0 Å². The van der Waals surface area contributed by atoms with Crippen molar-refractivity contribution in [2.75, 3.05) is 0 Å². The summed E-state index contributed by atoms with van der Waals surface area (Å²) in [6.45, 7) is 5.93. The topological polar surface area (TPSA) is 79.2 Å². The third-order valence-electron chi connectivity index (χ3n) is 4.79. The number of rotatable bonds is 7. The van der Waals surface area contributed by atoms with E-state index < -0.39 is 0 Å². The Morgan fingerprint density at radius 3 is 1.66 bits per heavy atom. The molecule has 3 rings (SSSR count). The van der Waals surface area contributed by atoms with Crippen LogP contribution < -0.4 is 9.47 Å². The van der Waals surface area contributed by atoms with Gasteiger partial charge in [0.2, 0.25) is 0 Å². The Balaban J connectivity index is 1.94. The van der Waals surface area contributed by atoms with Crippen molar-refractivity contribution in [3.63, 3.8) is 0 Å². The highest BCUT2D eigenvalue weighted by Gasteiger charge is 2.16. The first kappa shape index (κ1) is 20.4. The molecule has 0 aliphatic rings. The maximum Gasteiger partial charge on any atom is 0.172 e.